The Balaban J connectivity index is 2.47. The van der Waals surface area contributed by atoms with Crippen LogP contribution < -0.4 is 10.6 Å². The Kier molecular flexibility index (Phi) is 3.00. The van der Waals surface area contributed by atoms with Crippen LogP contribution in [0.1, 0.15) is 5.56 Å². The number of hydrogen-bond acceptors (Lipinski definition) is 2. The van der Waals surface area contributed by atoms with Gasteiger partial charge in [-0.1, -0.05) is 18.2 Å². The van der Waals surface area contributed by atoms with Gasteiger partial charge in [-0.15, -0.1) is 0 Å². The SMILES string of the molecule is Cc1ccccc1N(C)c1cc(F)ccc1N. The van der Waals surface area contributed by atoms with E-state index in [9.17, 15) is 4.39 Å². The summed E-state index contributed by atoms with van der Waals surface area (Å²) in [7, 11) is 1.88. The van der Waals surface area contributed by atoms with Crippen LogP contribution in [0.3, 0.4) is 0 Å². The van der Waals surface area contributed by atoms with Gasteiger partial charge in [0, 0.05) is 12.7 Å². The molecule has 0 aliphatic rings. The van der Waals surface area contributed by atoms with Crippen molar-refractivity contribution < 1.29 is 4.39 Å². The molecule has 0 saturated carbocycles. The molecular weight excluding hydrogens is 215 g/mol. The van der Waals surface area contributed by atoms with Gasteiger partial charge in [0.05, 0.1) is 11.4 Å². The molecule has 0 aromatic heterocycles. The maximum absolute atomic E-state index is 13.2. The maximum atomic E-state index is 13.2. The zero-order chi connectivity index (χ0) is 12.4. The normalized spacial score (nSPS) is 10.3. The lowest BCUT2D eigenvalue weighted by atomic mass is 10.1. The van der Waals surface area contributed by atoms with Crippen LogP contribution in [-0.2, 0) is 0 Å². The molecule has 88 valence electrons. The monoisotopic (exact) mass is 230 g/mol. The number of nitrogens with zero attached hydrogens (tertiary/aromatic N) is 1. The van der Waals surface area contributed by atoms with Crippen molar-refractivity contribution in [1.82, 2.24) is 0 Å². The van der Waals surface area contributed by atoms with Gasteiger partial charge in [0.15, 0.2) is 0 Å². The van der Waals surface area contributed by atoms with Crippen molar-refractivity contribution in [1.29, 1.82) is 0 Å². The lowest BCUT2D eigenvalue weighted by Crippen LogP contribution is -2.13. The molecule has 0 unspecified atom stereocenters. The maximum Gasteiger partial charge on any atom is 0.125 e. The topological polar surface area (TPSA) is 29.3 Å². The van der Waals surface area contributed by atoms with E-state index in [4.69, 9.17) is 5.73 Å². The predicted octanol–water partition coefficient (Wildman–Crippen LogP) is 3.48. The third kappa shape index (κ3) is 2.23. The summed E-state index contributed by atoms with van der Waals surface area (Å²) in [5.41, 5.74) is 9.26. The molecule has 0 saturated heterocycles. The van der Waals surface area contributed by atoms with E-state index >= 15 is 0 Å². The molecule has 0 bridgehead atoms. The Morgan fingerprint density at radius 2 is 1.76 bits per heavy atom. The first-order valence-electron chi connectivity index (χ1n) is 5.44. The standard InChI is InChI=1S/C14H15FN2/c1-10-5-3-4-6-13(10)17(2)14-9-11(15)7-8-12(14)16/h3-9H,16H2,1-2H3. The summed E-state index contributed by atoms with van der Waals surface area (Å²) >= 11 is 0. The van der Waals surface area contributed by atoms with Gasteiger partial charge in [-0.05, 0) is 36.8 Å². The number of rotatable bonds is 2. The van der Waals surface area contributed by atoms with Crippen molar-refractivity contribution in [3.63, 3.8) is 0 Å². The van der Waals surface area contributed by atoms with E-state index in [1.165, 1.54) is 12.1 Å². The molecular formula is C14H15FN2. The van der Waals surface area contributed by atoms with Crippen LogP contribution in [0.25, 0.3) is 0 Å². The van der Waals surface area contributed by atoms with Gasteiger partial charge >= 0.3 is 0 Å². The fourth-order valence-corrected chi connectivity index (χ4v) is 1.88. The molecule has 0 aliphatic heterocycles. The number of nitrogens with two attached hydrogens (primary N) is 1. The van der Waals surface area contributed by atoms with E-state index in [0.717, 1.165) is 11.3 Å². The first kappa shape index (κ1) is 11.5. The highest BCUT2D eigenvalue weighted by molar-refractivity contribution is 5.75. The summed E-state index contributed by atoms with van der Waals surface area (Å²) in [6.45, 7) is 2.02. The highest BCUT2D eigenvalue weighted by Gasteiger charge is 2.10. The van der Waals surface area contributed by atoms with Gasteiger partial charge in [0.25, 0.3) is 0 Å². The predicted molar refractivity (Wildman–Crippen MR) is 70.1 cm³/mol. The first-order valence-corrected chi connectivity index (χ1v) is 5.44. The summed E-state index contributed by atoms with van der Waals surface area (Å²) in [4.78, 5) is 1.90. The molecule has 2 rings (SSSR count). The van der Waals surface area contributed by atoms with E-state index < -0.39 is 0 Å². The number of para-hydroxylation sites is 1. The van der Waals surface area contributed by atoms with Crippen LogP contribution in [0.15, 0.2) is 42.5 Å². The Morgan fingerprint density at radius 3 is 2.47 bits per heavy atom. The lowest BCUT2D eigenvalue weighted by molar-refractivity contribution is 0.628. The Hall–Kier alpha value is -2.03. The molecule has 0 amide bonds. The summed E-state index contributed by atoms with van der Waals surface area (Å²) in [6, 6.07) is 12.3. The minimum atomic E-state index is -0.283. The van der Waals surface area contributed by atoms with Gasteiger partial charge in [-0.3, -0.25) is 0 Å². The second-order valence-electron chi connectivity index (χ2n) is 4.05. The third-order valence-electron chi connectivity index (χ3n) is 2.83. The Labute approximate surface area is 100 Å². The molecule has 2 nitrogen and oxygen atoms in total. The second-order valence-corrected chi connectivity index (χ2v) is 4.05. The van der Waals surface area contributed by atoms with Crippen molar-refractivity contribution in [3.05, 3.63) is 53.8 Å². The summed E-state index contributed by atoms with van der Waals surface area (Å²) < 4.78 is 13.2. The van der Waals surface area contributed by atoms with Crippen LogP contribution in [0.5, 0.6) is 0 Å². The number of nitrogen functional groups attached to an aromatic ring is 1. The van der Waals surface area contributed by atoms with Crippen molar-refractivity contribution in [2.75, 3.05) is 17.7 Å². The van der Waals surface area contributed by atoms with Gasteiger partial charge in [-0.25, -0.2) is 4.39 Å². The van der Waals surface area contributed by atoms with Gasteiger partial charge in [0.1, 0.15) is 5.82 Å². The average molecular weight is 230 g/mol. The van der Waals surface area contributed by atoms with Crippen LogP contribution >= 0.6 is 0 Å². The van der Waals surface area contributed by atoms with E-state index in [2.05, 4.69) is 0 Å². The molecule has 2 N–H and O–H groups in total. The molecule has 2 aromatic rings. The molecule has 17 heavy (non-hydrogen) atoms. The van der Waals surface area contributed by atoms with E-state index in [1.54, 1.807) is 6.07 Å². The largest absolute Gasteiger partial charge is 0.397 e. The molecule has 0 atom stereocenters. The number of hydrogen-bond donors (Lipinski definition) is 1. The Bertz CT molecular complexity index is 537. The average Bonchev–Trinajstić information content (AvgIpc) is 2.32. The smallest absolute Gasteiger partial charge is 0.125 e. The molecule has 0 spiro atoms. The third-order valence-corrected chi connectivity index (χ3v) is 2.83. The summed E-state index contributed by atoms with van der Waals surface area (Å²) in [6.07, 6.45) is 0. The van der Waals surface area contributed by atoms with Crippen LogP contribution in [0.2, 0.25) is 0 Å². The van der Waals surface area contributed by atoms with E-state index in [-0.39, 0.29) is 5.82 Å². The number of anilines is 3. The van der Waals surface area contributed by atoms with Gasteiger partial charge in [0.2, 0.25) is 0 Å². The van der Waals surface area contributed by atoms with E-state index in [0.29, 0.717) is 11.4 Å². The number of aryl methyl sites for hydroxylation is 1. The van der Waals surface area contributed by atoms with E-state index in [1.807, 2.05) is 43.1 Å². The summed E-state index contributed by atoms with van der Waals surface area (Å²) in [5, 5.41) is 0. The number of benzene rings is 2. The second kappa shape index (κ2) is 4.45. The van der Waals surface area contributed by atoms with Crippen LogP contribution in [-0.4, -0.2) is 7.05 Å². The quantitative estimate of drug-likeness (QED) is 0.800. The van der Waals surface area contributed by atoms with Gasteiger partial charge < -0.3 is 10.6 Å². The van der Waals surface area contributed by atoms with Crippen molar-refractivity contribution >= 4 is 17.1 Å². The molecule has 0 aliphatic carbocycles. The first-order chi connectivity index (χ1) is 8.09. The summed E-state index contributed by atoms with van der Waals surface area (Å²) in [5.74, 6) is -0.283. The minimum absolute atomic E-state index is 0.283. The van der Waals surface area contributed by atoms with Crippen LogP contribution in [0.4, 0.5) is 21.5 Å². The van der Waals surface area contributed by atoms with Gasteiger partial charge in [-0.2, -0.15) is 0 Å². The zero-order valence-electron chi connectivity index (χ0n) is 9.94. The Morgan fingerprint density at radius 1 is 1.06 bits per heavy atom. The highest BCUT2D eigenvalue weighted by Crippen LogP contribution is 2.31. The molecule has 0 fully saturated rings. The van der Waals surface area contributed by atoms with Crippen molar-refractivity contribution in [3.8, 4) is 0 Å². The fourth-order valence-electron chi connectivity index (χ4n) is 1.88. The van der Waals surface area contributed by atoms with Crippen molar-refractivity contribution in [2.24, 2.45) is 0 Å². The highest BCUT2D eigenvalue weighted by atomic mass is 19.1. The molecule has 0 heterocycles. The number of halogens is 1. The van der Waals surface area contributed by atoms with Crippen LogP contribution in [0, 0.1) is 12.7 Å². The van der Waals surface area contributed by atoms with Crippen molar-refractivity contribution in [2.45, 2.75) is 6.92 Å². The minimum Gasteiger partial charge on any atom is -0.397 e. The molecule has 2 aromatic carbocycles. The fraction of sp³-hybridized carbons (Fsp3) is 0.143. The zero-order valence-corrected chi connectivity index (χ0v) is 9.94. The molecule has 0 radical (unpaired) electrons. The lowest BCUT2D eigenvalue weighted by Gasteiger charge is -2.23. The molecule has 3 heteroatoms.